The van der Waals surface area contributed by atoms with Crippen molar-refractivity contribution in [1.82, 2.24) is 9.78 Å². The third-order valence-corrected chi connectivity index (χ3v) is 2.65. The van der Waals surface area contributed by atoms with Gasteiger partial charge in [-0.05, 0) is 12.8 Å². The van der Waals surface area contributed by atoms with Gasteiger partial charge < -0.3 is 15.2 Å². The first-order valence-electron chi connectivity index (χ1n) is 4.93. The lowest BCUT2D eigenvalue weighted by molar-refractivity contribution is -0.0598. The first kappa shape index (κ1) is 10.7. The van der Waals surface area contributed by atoms with Gasteiger partial charge in [0.25, 0.3) is 0 Å². The molecular weight excluding hydrogens is 218 g/mol. The molecule has 1 aliphatic heterocycles. The van der Waals surface area contributed by atoms with Crippen molar-refractivity contribution in [2.75, 3.05) is 18.9 Å². The van der Waals surface area contributed by atoms with Gasteiger partial charge in [0.1, 0.15) is 11.8 Å². The summed E-state index contributed by atoms with van der Waals surface area (Å²) in [4.78, 5) is 0. The van der Waals surface area contributed by atoms with Crippen LogP contribution in [0.1, 0.15) is 12.8 Å². The van der Waals surface area contributed by atoms with Gasteiger partial charge >= 0.3 is 0 Å². The Hall–Kier alpha value is -0.780. The summed E-state index contributed by atoms with van der Waals surface area (Å²) >= 11 is 5.77. The standard InChI is InChI=1S/C9H14ClN3O2/c10-8-5-13(12-9(8)11)6-15-7-1-3-14-4-2-7/h5,7H,1-4,6H2,(H2,11,12). The first-order chi connectivity index (χ1) is 7.25. The second-order valence-corrected chi connectivity index (χ2v) is 3.92. The van der Waals surface area contributed by atoms with Gasteiger partial charge in [-0.1, -0.05) is 11.6 Å². The molecule has 1 fully saturated rings. The Kier molecular flexibility index (Phi) is 3.45. The molecule has 2 heterocycles. The number of anilines is 1. The maximum Gasteiger partial charge on any atom is 0.164 e. The Bertz CT molecular complexity index is 304. The van der Waals surface area contributed by atoms with Crippen LogP contribution in [-0.4, -0.2) is 29.1 Å². The summed E-state index contributed by atoms with van der Waals surface area (Å²) in [5, 5.41) is 4.46. The Morgan fingerprint density at radius 3 is 2.93 bits per heavy atom. The molecule has 84 valence electrons. The lowest BCUT2D eigenvalue weighted by Gasteiger charge is -2.22. The van der Waals surface area contributed by atoms with Crippen molar-refractivity contribution < 1.29 is 9.47 Å². The molecule has 0 saturated carbocycles. The lowest BCUT2D eigenvalue weighted by Crippen LogP contribution is -2.24. The fourth-order valence-electron chi connectivity index (χ4n) is 1.50. The van der Waals surface area contributed by atoms with Gasteiger partial charge in [-0.3, -0.25) is 0 Å². The third kappa shape index (κ3) is 2.84. The third-order valence-electron chi connectivity index (χ3n) is 2.35. The number of hydrogen-bond acceptors (Lipinski definition) is 4. The second-order valence-electron chi connectivity index (χ2n) is 3.51. The largest absolute Gasteiger partial charge is 0.381 e. The van der Waals surface area contributed by atoms with Crippen LogP contribution in [0.2, 0.25) is 5.02 Å². The van der Waals surface area contributed by atoms with E-state index in [0.717, 1.165) is 26.1 Å². The molecule has 5 nitrogen and oxygen atoms in total. The van der Waals surface area contributed by atoms with E-state index in [1.807, 2.05) is 0 Å². The topological polar surface area (TPSA) is 62.3 Å². The number of nitrogens with two attached hydrogens (primary N) is 1. The van der Waals surface area contributed by atoms with E-state index < -0.39 is 0 Å². The lowest BCUT2D eigenvalue weighted by atomic mass is 10.2. The van der Waals surface area contributed by atoms with Crippen LogP contribution in [0, 0.1) is 0 Å². The zero-order valence-electron chi connectivity index (χ0n) is 8.36. The molecule has 1 aromatic heterocycles. The van der Waals surface area contributed by atoms with E-state index in [9.17, 15) is 0 Å². The van der Waals surface area contributed by atoms with Crippen LogP contribution in [-0.2, 0) is 16.2 Å². The average Bonchev–Trinajstić information content (AvgIpc) is 2.57. The van der Waals surface area contributed by atoms with Gasteiger partial charge in [-0.25, -0.2) is 4.68 Å². The highest BCUT2D eigenvalue weighted by Gasteiger charge is 2.14. The van der Waals surface area contributed by atoms with Crippen molar-refractivity contribution in [1.29, 1.82) is 0 Å². The summed E-state index contributed by atoms with van der Waals surface area (Å²) in [5.74, 6) is 0.340. The SMILES string of the molecule is Nc1nn(COC2CCOCC2)cc1Cl. The van der Waals surface area contributed by atoms with Crippen molar-refractivity contribution in [3.05, 3.63) is 11.2 Å². The second kappa shape index (κ2) is 4.83. The summed E-state index contributed by atoms with van der Waals surface area (Å²) in [6, 6.07) is 0. The van der Waals surface area contributed by atoms with E-state index in [0.29, 0.717) is 17.6 Å². The van der Waals surface area contributed by atoms with Gasteiger partial charge in [0, 0.05) is 19.4 Å². The van der Waals surface area contributed by atoms with E-state index in [-0.39, 0.29) is 6.10 Å². The van der Waals surface area contributed by atoms with Gasteiger partial charge in [-0.15, -0.1) is 0 Å². The number of ether oxygens (including phenoxy) is 2. The minimum atomic E-state index is 0.253. The molecule has 0 aromatic carbocycles. The molecule has 1 saturated heterocycles. The van der Waals surface area contributed by atoms with Crippen molar-refractivity contribution in [3.8, 4) is 0 Å². The molecule has 15 heavy (non-hydrogen) atoms. The predicted octanol–water partition coefficient (Wildman–Crippen LogP) is 1.27. The highest BCUT2D eigenvalue weighted by atomic mass is 35.5. The zero-order valence-corrected chi connectivity index (χ0v) is 9.11. The Labute approximate surface area is 93.1 Å². The minimum absolute atomic E-state index is 0.253. The van der Waals surface area contributed by atoms with Crippen LogP contribution in [0.4, 0.5) is 5.82 Å². The van der Waals surface area contributed by atoms with Crippen LogP contribution in [0.3, 0.4) is 0 Å². The van der Waals surface area contributed by atoms with Crippen molar-refractivity contribution in [2.45, 2.75) is 25.7 Å². The zero-order chi connectivity index (χ0) is 10.7. The van der Waals surface area contributed by atoms with Crippen LogP contribution in [0.5, 0.6) is 0 Å². The Morgan fingerprint density at radius 2 is 2.33 bits per heavy atom. The van der Waals surface area contributed by atoms with E-state index in [1.165, 1.54) is 0 Å². The summed E-state index contributed by atoms with van der Waals surface area (Å²) < 4.78 is 12.5. The molecular formula is C9H14ClN3O2. The molecule has 0 aliphatic carbocycles. The molecule has 0 bridgehead atoms. The maximum atomic E-state index is 5.77. The predicted molar refractivity (Wildman–Crippen MR) is 56.6 cm³/mol. The van der Waals surface area contributed by atoms with E-state index in [4.69, 9.17) is 26.8 Å². The number of halogens is 1. The summed E-state index contributed by atoms with van der Waals surface area (Å²) in [5.41, 5.74) is 5.51. The van der Waals surface area contributed by atoms with Gasteiger partial charge in [0.05, 0.1) is 6.10 Å². The van der Waals surface area contributed by atoms with E-state index >= 15 is 0 Å². The Balaban J connectivity index is 1.81. The maximum absolute atomic E-state index is 5.77. The first-order valence-corrected chi connectivity index (χ1v) is 5.31. The summed E-state index contributed by atoms with van der Waals surface area (Å²) in [6.07, 6.45) is 3.79. The van der Waals surface area contributed by atoms with Crippen LogP contribution < -0.4 is 5.73 Å². The molecule has 2 N–H and O–H groups in total. The molecule has 1 aromatic rings. The molecule has 0 atom stereocenters. The van der Waals surface area contributed by atoms with Crippen molar-refractivity contribution >= 4 is 17.4 Å². The number of nitrogens with zero attached hydrogens (tertiary/aromatic N) is 2. The average molecular weight is 232 g/mol. The molecule has 0 unspecified atom stereocenters. The normalized spacial score (nSPS) is 18.2. The molecule has 2 rings (SSSR count). The molecule has 6 heteroatoms. The Morgan fingerprint density at radius 1 is 1.60 bits per heavy atom. The molecule has 0 radical (unpaired) electrons. The monoisotopic (exact) mass is 231 g/mol. The quantitative estimate of drug-likeness (QED) is 0.851. The minimum Gasteiger partial charge on any atom is -0.381 e. The van der Waals surface area contributed by atoms with Crippen LogP contribution in [0.25, 0.3) is 0 Å². The number of rotatable bonds is 3. The van der Waals surface area contributed by atoms with E-state index in [1.54, 1.807) is 10.9 Å². The summed E-state index contributed by atoms with van der Waals surface area (Å²) in [7, 11) is 0. The van der Waals surface area contributed by atoms with Gasteiger partial charge in [0.2, 0.25) is 0 Å². The van der Waals surface area contributed by atoms with Crippen molar-refractivity contribution in [3.63, 3.8) is 0 Å². The number of nitrogen functional groups attached to an aromatic ring is 1. The van der Waals surface area contributed by atoms with Crippen LogP contribution >= 0.6 is 11.6 Å². The highest BCUT2D eigenvalue weighted by molar-refractivity contribution is 6.32. The fourth-order valence-corrected chi connectivity index (χ4v) is 1.65. The van der Waals surface area contributed by atoms with Gasteiger partial charge in [0.15, 0.2) is 5.82 Å². The molecule has 0 amide bonds. The van der Waals surface area contributed by atoms with Gasteiger partial charge in [-0.2, -0.15) is 5.10 Å². The highest BCUT2D eigenvalue weighted by Crippen LogP contribution is 2.16. The number of hydrogen-bond donors (Lipinski definition) is 1. The fraction of sp³-hybridized carbons (Fsp3) is 0.667. The molecule has 0 spiro atoms. The van der Waals surface area contributed by atoms with E-state index in [2.05, 4.69) is 5.10 Å². The summed E-state index contributed by atoms with van der Waals surface area (Å²) in [6.45, 7) is 1.93. The van der Waals surface area contributed by atoms with Crippen molar-refractivity contribution in [2.24, 2.45) is 0 Å². The molecule has 1 aliphatic rings. The number of aromatic nitrogens is 2. The van der Waals surface area contributed by atoms with Crippen LogP contribution in [0.15, 0.2) is 6.20 Å². The smallest absolute Gasteiger partial charge is 0.164 e.